The van der Waals surface area contributed by atoms with Crippen molar-refractivity contribution in [3.8, 4) is 17.6 Å². The second-order valence-electron chi connectivity index (χ2n) is 8.05. The number of nitriles is 1. The molecular weight excluding hydrogens is 402 g/mol. The molecule has 0 aromatic heterocycles. The number of carbonyl (C=O) groups excluding carboxylic acids is 1. The number of nitrogens with zero attached hydrogens (tertiary/aromatic N) is 2. The zero-order chi connectivity index (χ0) is 23.5. The average molecular weight is 436 g/mol. The molecule has 0 saturated heterocycles. The van der Waals surface area contributed by atoms with Gasteiger partial charge in [0, 0.05) is 36.5 Å². The van der Waals surface area contributed by atoms with Crippen LogP contribution in [0.4, 0.5) is 5.69 Å². The first kappa shape index (κ1) is 25.0. The van der Waals surface area contributed by atoms with Gasteiger partial charge >= 0.3 is 0 Å². The molecule has 2 aromatic rings. The van der Waals surface area contributed by atoms with E-state index in [4.69, 9.17) is 14.7 Å². The summed E-state index contributed by atoms with van der Waals surface area (Å²) in [6, 6.07) is 15.4. The molecule has 0 radical (unpaired) electrons. The summed E-state index contributed by atoms with van der Waals surface area (Å²) in [6.07, 6.45) is 4.05. The molecule has 6 nitrogen and oxygen atoms in total. The average Bonchev–Trinajstić information content (AvgIpc) is 2.77. The van der Waals surface area contributed by atoms with Gasteiger partial charge in [-0.15, -0.1) is 0 Å². The van der Waals surface area contributed by atoms with Crippen molar-refractivity contribution >= 4 is 17.7 Å². The molecule has 0 saturated carbocycles. The molecule has 0 bridgehead atoms. The first-order valence-electron chi connectivity index (χ1n) is 10.9. The van der Waals surface area contributed by atoms with Crippen molar-refractivity contribution in [1.29, 1.82) is 5.26 Å². The summed E-state index contributed by atoms with van der Waals surface area (Å²) in [4.78, 5) is 14.7. The Bertz CT molecular complexity index is 936. The quantitative estimate of drug-likeness (QED) is 0.392. The van der Waals surface area contributed by atoms with Crippen LogP contribution < -0.4 is 14.8 Å². The molecule has 0 spiro atoms. The number of hydrogen-bond acceptors (Lipinski definition) is 5. The highest BCUT2D eigenvalue weighted by Crippen LogP contribution is 2.30. The number of anilines is 1. The van der Waals surface area contributed by atoms with Gasteiger partial charge in [-0.25, -0.2) is 0 Å². The Morgan fingerprint density at radius 3 is 2.38 bits per heavy atom. The Hall–Kier alpha value is -3.30. The smallest absolute Gasteiger partial charge is 0.248 e. The standard InChI is InChI=1S/C26H33N3O3/c1-19(2)29(20(3)4)15-6-16-32-25-17-23(12-13-24(25)31-5)28-26(30)14-11-21-7-9-22(18-27)10-8-21/h7-14,17,19-20H,6,15-16H2,1-5H3,(H,28,30). The molecule has 2 rings (SSSR count). The summed E-state index contributed by atoms with van der Waals surface area (Å²) in [5.74, 6) is 0.970. The topological polar surface area (TPSA) is 74.6 Å². The summed E-state index contributed by atoms with van der Waals surface area (Å²) in [6.45, 7) is 10.3. The van der Waals surface area contributed by atoms with E-state index in [0.717, 1.165) is 18.5 Å². The fraction of sp³-hybridized carbons (Fsp3) is 0.385. The van der Waals surface area contributed by atoms with Crippen molar-refractivity contribution in [3.63, 3.8) is 0 Å². The van der Waals surface area contributed by atoms with E-state index in [9.17, 15) is 4.79 Å². The maximum atomic E-state index is 12.3. The number of nitrogens with one attached hydrogen (secondary N) is 1. The van der Waals surface area contributed by atoms with Crippen molar-refractivity contribution in [3.05, 3.63) is 59.7 Å². The fourth-order valence-corrected chi connectivity index (χ4v) is 3.43. The van der Waals surface area contributed by atoms with E-state index in [1.54, 1.807) is 55.7 Å². The van der Waals surface area contributed by atoms with Gasteiger partial charge in [-0.2, -0.15) is 5.26 Å². The largest absolute Gasteiger partial charge is 0.493 e. The SMILES string of the molecule is COc1ccc(NC(=O)C=Cc2ccc(C#N)cc2)cc1OCCCN(C(C)C)C(C)C. The van der Waals surface area contributed by atoms with Crippen molar-refractivity contribution in [2.75, 3.05) is 25.6 Å². The maximum Gasteiger partial charge on any atom is 0.248 e. The second kappa shape index (κ2) is 12.5. The predicted octanol–water partition coefficient (Wildman–Crippen LogP) is 5.11. The lowest BCUT2D eigenvalue weighted by molar-refractivity contribution is -0.111. The molecule has 170 valence electrons. The van der Waals surface area contributed by atoms with Gasteiger partial charge in [-0.05, 0) is 70.0 Å². The number of amides is 1. The van der Waals surface area contributed by atoms with E-state index in [1.165, 1.54) is 6.08 Å². The maximum absolute atomic E-state index is 12.3. The monoisotopic (exact) mass is 435 g/mol. The molecule has 0 heterocycles. The molecule has 6 heteroatoms. The Kier molecular flexibility index (Phi) is 9.77. The minimum Gasteiger partial charge on any atom is -0.493 e. The summed E-state index contributed by atoms with van der Waals surface area (Å²) in [5, 5.41) is 11.7. The van der Waals surface area contributed by atoms with Crippen molar-refractivity contribution < 1.29 is 14.3 Å². The number of methoxy groups -OCH3 is 1. The van der Waals surface area contributed by atoms with E-state index < -0.39 is 0 Å². The van der Waals surface area contributed by atoms with Crippen LogP contribution in [0, 0.1) is 11.3 Å². The van der Waals surface area contributed by atoms with Crippen molar-refractivity contribution in [1.82, 2.24) is 4.90 Å². The fourth-order valence-electron chi connectivity index (χ4n) is 3.43. The van der Waals surface area contributed by atoms with Crippen LogP contribution in [0.2, 0.25) is 0 Å². The van der Waals surface area contributed by atoms with Crippen LogP contribution in [-0.2, 0) is 4.79 Å². The van der Waals surface area contributed by atoms with Gasteiger partial charge in [-0.3, -0.25) is 9.69 Å². The van der Waals surface area contributed by atoms with Gasteiger partial charge < -0.3 is 14.8 Å². The normalized spacial score (nSPS) is 11.2. The number of hydrogen-bond donors (Lipinski definition) is 1. The summed E-state index contributed by atoms with van der Waals surface area (Å²) >= 11 is 0. The third-order valence-electron chi connectivity index (χ3n) is 5.04. The van der Waals surface area contributed by atoms with Gasteiger partial charge in [0.25, 0.3) is 0 Å². The zero-order valence-electron chi connectivity index (χ0n) is 19.6. The number of carbonyl (C=O) groups is 1. The summed E-state index contributed by atoms with van der Waals surface area (Å²) in [7, 11) is 1.60. The van der Waals surface area contributed by atoms with E-state index >= 15 is 0 Å². The third kappa shape index (κ3) is 7.75. The second-order valence-corrected chi connectivity index (χ2v) is 8.05. The first-order valence-corrected chi connectivity index (χ1v) is 10.9. The van der Waals surface area contributed by atoms with Crippen LogP contribution >= 0.6 is 0 Å². The Labute approximate surface area is 191 Å². The Morgan fingerprint density at radius 1 is 1.09 bits per heavy atom. The number of benzene rings is 2. The molecule has 0 fully saturated rings. The van der Waals surface area contributed by atoms with Crippen LogP contribution in [0.3, 0.4) is 0 Å². The van der Waals surface area contributed by atoms with Crippen LogP contribution in [0.5, 0.6) is 11.5 Å². The van der Waals surface area contributed by atoms with Crippen molar-refractivity contribution in [2.24, 2.45) is 0 Å². The summed E-state index contributed by atoms with van der Waals surface area (Å²) in [5.41, 5.74) is 2.05. The molecule has 32 heavy (non-hydrogen) atoms. The Morgan fingerprint density at radius 2 is 1.78 bits per heavy atom. The number of rotatable bonds is 11. The minimum absolute atomic E-state index is 0.255. The highest BCUT2D eigenvalue weighted by molar-refractivity contribution is 6.02. The molecule has 0 unspecified atom stereocenters. The van der Waals surface area contributed by atoms with Crippen molar-refractivity contribution in [2.45, 2.75) is 46.2 Å². The van der Waals surface area contributed by atoms with Crippen LogP contribution in [0.1, 0.15) is 45.2 Å². The van der Waals surface area contributed by atoms with E-state index in [1.807, 2.05) is 0 Å². The lowest BCUT2D eigenvalue weighted by Gasteiger charge is -2.30. The van der Waals surface area contributed by atoms with E-state index in [2.05, 4.69) is 44.0 Å². The van der Waals surface area contributed by atoms with E-state index in [-0.39, 0.29) is 5.91 Å². The van der Waals surface area contributed by atoms with Gasteiger partial charge in [0.2, 0.25) is 5.91 Å². The Balaban J connectivity index is 1.95. The summed E-state index contributed by atoms with van der Waals surface area (Å²) < 4.78 is 11.4. The first-order chi connectivity index (χ1) is 15.3. The van der Waals surface area contributed by atoms with Gasteiger partial charge in [0.15, 0.2) is 11.5 Å². The van der Waals surface area contributed by atoms with Gasteiger partial charge in [0.1, 0.15) is 0 Å². The van der Waals surface area contributed by atoms with Crippen LogP contribution in [0.25, 0.3) is 6.08 Å². The lowest BCUT2D eigenvalue weighted by atomic mass is 10.1. The van der Waals surface area contributed by atoms with E-state index in [0.29, 0.717) is 41.4 Å². The van der Waals surface area contributed by atoms with Gasteiger partial charge in [-0.1, -0.05) is 12.1 Å². The molecular formula is C26H33N3O3. The highest BCUT2D eigenvalue weighted by atomic mass is 16.5. The molecule has 0 aliphatic rings. The highest BCUT2D eigenvalue weighted by Gasteiger charge is 2.13. The molecule has 0 atom stereocenters. The molecule has 1 amide bonds. The molecule has 2 aromatic carbocycles. The van der Waals surface area contributed by atoms with Crippen LogP contribution in [0.15, 0.2) is 48.5 Å². The zero-order valence-corrected chi connectivity index (χ0v) is 19.6. The predicted molar refractivity (Wildman–Crippen MR) is 129 cm³/mol. The number of ether oxygens (including phenoxy) is 2. The lowest BCUT2D eigenvalue weighted by Crippen LogP contribution is -2.38. The van der Waals surface area contributed by atoms with Gasteiger partial charge in [0.05, 0.1) is 25.3 Å². The molecule has 0 aliphatic carbocycles. The molecule has 1 N–H and O–H groups in total. The third-order valence-corrected chi connectivity index (χ3v) is 5.04. The minimum atomic E-state index is -0.255. The molecule has 0 aliphatic heterocycles. The van der Waals surface area contributed by atoms with Crippen LogP contribution in [-0.4, -0.2) is 43.2 Å².